The quantitative estimate of drug-likeness (QED) is 0.0740. The third-order valence-electron chi connectivity index (χ3n) is 17.5. The lowest BCUT2D eigenvalue weighted by Crippen LogP contribution is -2.55. The van der Waals surface area contributed by atoms with Crippen LogP contribution in [0.2, 0.25) is 0 Å². The van der Waals surface area contributed by atoms with E-state index in [2.05, 4.69) is 69.8 Å². The molecule has 0 aromatic heterocycles. The van der Waals surface area contributed by atoms with Crippen molar-refractivity contribution < 1.29 is 38.2 Å². The summed E-state index contributed by atoms with van der Waals surface area (Å²) in [6.45, 7) is 1.08. The van der Waals surface area contributed by atoms with Gasteiger partial charge < -0.3 is 40.5 Å². The lowest BCUT2D eigenvalue weighted by Gasteiger charge is -2.31. The molecule has 6 aliphatic carbocycles. The highest BCUT2D eigenvalue weighted by Crippen LogP contribution is 2.36. The van der Waals surface area contributed by atoms with E-state index in [1.807, 2.05) is 97.1 Å². The third kappa shape index (κ3) is 13.4. The van der Waals surface area contributed by atoms with Crippen LogP contribution < -0.4 is 21.3 Å². The Morgan fingerprint density at radius 1 is 0.439 bits per heavy atom. The standard InChI is InChI=1S/C68H74N6O8/c75-63(59-27-13-37-73(59)65(77)61(51-19-7-8-20-51)71-67(79)81-43-47-15-3-1-4-16-47)69-55-25-11-23-53(41-55)57-39-45-29-33-49(57)35-31-46-30-34-50(36-32-45)58(40-46)54-24-12-26-56(42-54)70-64(76)60-28-14-38-74(60)66(78)62(52-21-9-10-22-52)72-68(80)82-44-48-17-5-2-6-18-48/h1-6,11-12,15-18,23-26,29-30,33-34,39-42,51-52,59-62H,7-10,13-14,19-22,27-28,31-32,35-38,43-44H2,(H,69,75)(H,70,76)(H,71,79)(H,72,80)/t59-,60?,61-,62?/m0/s1. The van der Waals surface area contributed by atoms with Crippen molar-refractivity contribution in [3.8, 4) is 22.3 Å². The number of alkyl carbamates (subject to hydrolysis) is 2. The molecule has 2 saturated heterocycles. The number of carbonyl (C=O) groups is 6. The minimum Gasteiger partial charge on any atom is -0.445 e. The first kappa shape index (κ1) is 55.6. The molecular weight excluding hydrogens is 1030 g/mol. The van der Waals surface area contributed by atoms with Crippen molar-refractivity contribution in [1.82, 2.24) is 20.4 Å². The molecule has 4 atom stereocenters. The molecule has 6 amide bonds. The summed E-state index contributed by atoms with van der Waals surface area (Å²) in [5.41, 5.74) is 12.0. The molecule has 8 aliphatic rings. The van der Waals surface area contributed by atoms with Gasteiger partial charge in [-0.05, 0) is 169 Å². The summed E-state index contributed by atoms with van der Waals surface area (Å²) in [4.78, 5) is 86.7. The van der Waals surface area contributed by atoms with E-state index in [0.717, 1.165) is 110 Å². The summed E-state index contributed by atoms with van der Waals surface area (Å²) in [6, 6.07) is 45.4. The molecule has 82 heavy (non-hydrogen) atoms. The second kappa shape index (κ2) is 26.1. The van der Waals surface area contributed by atoms with Gasteiger partial charge in [0, 0.05) is 24.5 Å². The minimum atomic E-state index is -0.769. The Labute approximate surface area is 480 Å². The highest BCUT2D eigenvalue weighted by Gasteiger charge is 2.43. The number of hydrogen-bond acceptors (Lipinski definition) is 8. The van der Waals surface area contributed by atoms with Gasteiger partial charge in [-0.15, -0.1) is 0 Å². The second-order valence-electron chi connectivity index (χ2n) is 23.0. The van der Waals surface area contributed by atoms with Crippen LogP contribution in [-0.2, 0) is 67.5 Å². The number of aryl methyl sites for hydroxylation is 4. The van der Waals surface area contributed by atoms with E-state index in [4.69, 9.17) is 9.47 Å². The molecule has 2 saturated carbocycles. The van der Waals surface area contributed by atoms with Crippen LogP contribution in [0.3, 0.4) is 0 Å². The van der Waals surface area contributed by atoms with Gasteiger partial charge in [-0.25, -0.2) is 9.59 Å². The summed E-state index contributed by atoms with van der Waals surface area (Å²) < 4.78 is 11.1. The Morgan fingerprint density at radius 3 is 1.27 bits per heavy atom. The first-order valence-corrected chi connectivity index (χ1v) is 29.7. The minimum absolute atomic E-state index is 0.0243. The predicted octanol–water partition coefficient (Wildman–Crippen LogP) is 11.7. The Kier molecular flexibility index (Phi) is 17.7. The summed E-state index contributed by atoms with van der Waals surface area (Å²) in [6.07, 6.45) is 11.5. The number of carbonyl (C=O) groups excluding carboxylic acids is 6. The zero-order chi connectivity index (χ0) is 56.4. The average Bonchev–Trinajstić information content (AvgIpc) is 4.40. The lowest BCUT2D eigenvalue weighted by atomic mass is 9.87. The summed E-state index contributed by atoms with van der Waals surface area (Å²) in [5.74, 6) is -0.998. The maximum atomic E-state index is 14.4. The van der Waals surface area contributed by atoms with Gasteiger partial charge >= 0.3 is 12.2 Å². The highest BCUT2D eigenvalue weighted by molar-refractivity contribution is 6.00. The van der Waals surface area contributed by atoms with Gasteiger partial charge in [-0.3, -0.25) is 19.2 Å². The fourth-order valence-corrected chi connectivity index (χ4v) is 13.2. The summed E-state index contributed by atoms with van der Waals surface area (Å²) >= 11 is 0. The van der Waals surface area contributed by atoms with Crippen molar-refractivity contribution in [2.45, 2.75) is 140 Å². The number of anilines is 2. The van der Waals surface area contributed by atoms with Crippen molar-refractivity contribution in [2.75, 3.05) is 23.7 Å². The zero-order valence-corrected chi connectivity index (χ0v) is 46.6. The Bertz CT molecular complexity index is 3050. The van der Waals surface area contributed by atoms with Crippen LogP contribution in [0.15, 0.2) is 146 Å². The van der Waals surface area contributed by atoms with Crippen molar-refractivity contribution in [2.24, 2.45) is 11.8 Å². The number of nitrogens with one attached hydrogen (secondary N) is 4. The van der Waals surface area contributed by atoms with Crippen LogP contribution in [0.1, 0.15) is 110 Å². The molecular formula is C68H74N6O8. The number of rotatable bonds is 16. The van der Waals surface area contributed by atoms with Crippen LogP contribution in [-0.4, -0.2) is 82.9 Å². The van der Waals surface area contributed by atoms with Gasteiger partial charge in [0.25, 0.3) is 0 Å². The van der Waals surface area contributed by atoms with Gasteiger partial charge in [0.05, 0.1) is 0 Å². The molecule has 2 aliphatic heterocycles. The van der Waals surface area contributed by atoms with E-state index in [9.17, 15) is 28.8 Å². The Morgan fingerprint density at radius 2 is 0.854 bits per heavy atom. The molecule has 14 rings (SSSR count). The monoisotopic (exact) mass is 1100 g/mol. The number of amides is 6. The van der Waals surface area contributed by atoms with E-state index in [1.54, 1.807) is 9.80 Å². The van der Waals surface area contributed by atoms with Crippen molar-refractivity contribution in [3.05, 3.63) is 179 Å². The molecule has 424 valence electrons. The molecule has 14 nitrogen and oxygen atoms in total. The molecule has 4 N–H and O–H groups in total. The first-order valence-electron chi connectivity index (χ1n) is 29.7. The van der Waals surface area contributed by atoms with Crippen LogP contribution >= 0.6 is 0 Å². The summed E-state index contributed by atoms with van der Waals surface area (Å²) in [5, 5.41) is 12.2. The van der Waals surface area contributed by atoms with E-state index < -0.39 is 36.4 Å². The fraction of sp³-hybridized carbons (Fsp3) is 0.382. The molecule has 6 aromatic rings. The number of benzene rings is 6. The van der Waals surface area contributed by atoms with E-state index in [0.29, 0.717) is 50.1 Å². The number of nitrogens with zero attached hydrogens (tertiary/aromatic N) is 2. The number of hydrogen-bond donors (Lipinski definition) is 4. The smallest absolute Gasteiger partial charge is 0.408 e. The van der Waals surface area contributed by atoms with Gasteiger partial charge in [0.1, 0.15) is 37.4 Å². The molecule has 14 heteroatoms. The normalized spacial score (nSPS) is 18.7. The summed E-state index contributed by atoms with van der Waals surface area (Å²) in [7, 11) is 0. The van der Waals surface area contributed by atoms with E-state index >= 15 is 0 Å². The van der Waals surface area contributed by atoms with Crippen molar-refractivity contribution in [3.63, 3.8) is 0 Å². The largest absolute Gasteiger partial charge is 0.445 e. The molecule has 2 heterocycles. The van der Waals surface area contributed by atoms with Gasteiger partial charge in [0.2, 0.25) is 23.6 Å². The Balaban J connectivity index is 0.735. The lowest BCUT2D eigenvalue weighted by molar-refractivity contribution is -0.139. The number of likely N-dealkylation sites (tertiary alicyclic amines) is 2. The molecule has 0 spiro atoms. The maximum absolute atomic E-state index is 14.4. The van der Waals surface area contributed by atoms with Crippen LogP contribution in [0.25, 0.3) is 22.3 Å². The number of ether oxygens (including phenoxy) is 2. The third-order valence-corrected chi connectivity index (χ3v) is 17.5. The molecule has 2 unspecified atom stereocenters. The Hall–Kier alpha value is -8.26. The van der Waals surface area contributed by atoms with E-state index in [1.165, 1.54) is 22.3 Å². The van der Waals surface area contributed by atoms with Crippen LogP contribution in [0.5, 0.6) is 0 Å². The maximum Gasteiger partial charge on any atom is 0.408 e. The van der Waals surface area contributed by atoms with Gasteiger partial charge in [-0.1, -0.05) is 147 Å². The average molecular weight is 1100 g/mol. The predicted molar refractivity (Wildman–Crippen MR) is 316 cm³/mol. The molecule has 6 aromatic carbocycles. The second-order valence-corrected chi connectivity index (χ2v) is 23.0. The van der Waals surface area contributed by atoms with Crippen molar-refractivity contribution >= 4 is 47.2 Å². The van der Waals surface area contributed by atoms with Crippen LogP contribution in [0, 0.1) is 11.8 Å². The topological polar surface area (TPSA) is 175 Å². The van der Waals surface area contributed by atoms with Gasteiger partial charge in [0.15, 0.2) is 0 Å². The van der Waals surface area contributed by atoms with E-state index in [-0.39, 0.29) is 48.7 Å². The van der Waals surface area contributed by atoms with Crippen molar-refractivity contribution in [1.29, 1.82) is 0 Å². The SMILES string of the molecule is O=C(NC(C(=O)N1CCCC1C(=O)Nc1cccc(-c2cc3ccc2CCc2ccc(c(-c4cccc(NC(=O)[C@@H]5CCCN5C(=O)[C@@H](NC(=O)OCc5ccccc5)C5CCCC5)c4)c2)CC3)c1)C1CCCC1)OCc1ccccc1. The van der Waals surface area contributed by atoms with Crippen LogP contribution in [0.4, 0.5) is 21.0 Å². The van der Waals surface area contributed by atoms with Gasteiger partial charge in [-0.2, -0.15) is 0 Å². The fourth-order valence-electron chi connectivity index (χ4n) is 13.2. The molecule has 4 bridgehead atoms. The first-order chi connectivity index (χ1) is 40.1. The highest BCUT2D eigenvalue weighted by atomic mass is 16.6. The molecule has 0 radical (unpaired) electrons. The zero-order valence-electron chi connectivity index (χ0n) is 46.6. The molecule has 4 fully saturated rings.